The molecule has 0 unspecified atom stereocenters. The summed E-state index contributed by atoms with van der Waals surface area (Å²) in [6.45, 7) is 3.27. The van der Waals surface area contributed by atoms with Gasteiger partial charge < -0.3 is 14.9 Å². The predicted molar refractivity (Wildman–Crippen MR) is 102 cm³/mol. The first kappa shape index (κ1) is 19.2. The highest BCUT2D eigenvalue weighted by Crippen LogP contribution is 2.31. The van der Waals surface area contributed by atoms with Crippen LogP contribution in [0.4, 0.5) is 10.9 Å². The van der Waals surface area contributed by atoms with Crippen molar-refractivity contribution in [1.29, 1.82) is 0 Å². The Morgan fingerprint density at radius 3 is 2.74 bits per heavy atom. The molecule has 1 aliphatic carbocycles. The highest BCUT2D eigenvalue weighted by molar-refractivity contribution is 7.13. The highest BCUT2D eigenvalue weighted by atomic mass is 32.1. The lowest BCUT2D eigenvalue weighted by Gasteiger charge is -2.34. The minimum absolute atomic E-state index is 0.00539. The fourth-order valence-electron chi connectivity index (χ4n) is 3.29. The van der Waals surface area contributed by atoms with Gasteiger partial charge in [-0.3, -0.25) is 9.69 Å². The molecule has 1 saturated carbocycles. The molecule has 2 aromatic rings. The molecule has 0 saturated heterocycles. The molecule has 8 nitrogen and oxygen atoms in total. The van der Waals surface area contributed by atoms with Crippen molar-refractivity contribution < 1.29 is 14.5 Å². The summed E-state index contributed by atoms with van der Waals surface area (Å²) in [5.41, 5.74) is 0.514. The fourth-order valence-corrected chi connectivity index (χ4v) is 4.01. The van der Waals surface area contributed by atoms with Crippen molar-refractivity contribution in [2.24, 2.45) is 0 Å². The number of carbonyl (C=O) groups is 1. The first-order valence-electron chi connectivity index (χ1n) is 8.98. The number of ether oxygens (including phenoxy) is 1. The van der Waals surface area contributed by atoms with E-state index in [0.717, 1.165) is 25.7 Å². The van der Waals surface area contributed by atoms with E-state index in [0.29, 0.717) is 10.8 Å². The standard InChI is InChI=1S/C18H22N4O4S/c1-12-8-9-15(16(20-12)22(24)25)26-13(2)17(23)21(18-19-10-11-27-18)14-6-4-3-5-7-14/h8-11,13-14H,3-7H2,1-2H3/t13-/m0/s1. The van der Waals surface area contributed by atoms with E-state index in [9.17, 15) is 14.9 Å². The second-order valence-corrected chi connectivity index (χ2v) is 7.48. The van der Waals surface area contributed by atoms with Gasteiger partial charge in [0.15, 0.2) is 11.2 Å². The topological polar surface area (TPSA) is 98.5 Å². The lowest BCUT2D eigenvalue weighted by molar-refractivity contribution is -0.390. The van der Waals surface area contributed by atoms with Gasteiger partial charge in [0.05, 0.1) is 0 Å². The average molecular weight is 390 g/mol. The Bertz CT molecular complexity index is 806. The smallest absolute Gasteiger partial charge is 0.406 e. The summed E-state index contributed by atoms with van der Waals surface area (Å²) in [5.74, 6) is -0.631. The number of aromatic nitrogens is 2. The number of carbonyl (C=O) groups excluding carboxylic acids is 1. The highest BCUT2D eigenvalue weighted by Gasteiger charge is 2.33. The number of hydrogen-bond acceptors (Lipinski definition) is 7. The van der Waals surface area contributed by atoms with Gasteiger partial charge in [0.1, 0.15) is 5.69 Å². The molecule has 144 valence electrons. The molecule has 0 aromatic carbocycles. The molecule has 0 radical (unpaired) electrons. The third kappa shape index (κ3) is 4.41. The maximum atomic E-state index is 13.2. The van der Waals surface area contributed by atoms with E-state index in [-0.39, 0.29) is 23.5 Å². The molecule has 3 rings (SSSR count). The Balaban J connectivity index is 1.83. The zero-order valence-electron chi connectivity index (χ0n) is 15.3. The van der Waals surface area contributed by atoms with Gasteiger partial charge in [-0.25, -0.2) is 4.98 Å². The van der Waals surface area contributed by atoms with Crippen LogP contribution in [0, 0.1) is 17.0 Å². The van der Waals surface area contributed by atoms with Crippen LogP contribution in [0.1, 0.15) is 44.7 Å². The van der Waals surface area contributed by atoms with Gasteiger partial charge in [-0.1, -0.05) is 19.3 Å². The third-order valence-electron chi connectivity index (χ3n) is 4.61. The molecule has 9 heteroatoms. The van der Waals surface area contributed by atoms with Crippen molar-refractivity contribution in [2.75, 3.05) is 4.90 Å². The maximum absolute atomic E-state index is 13.2. The van der Waals surface area contributed by atoms with Crippen LogP contribution in [0.25, 0.3) is 0 Å². The number of nitro groups is 1. The van der Waals surface area contributed by atoms with Gasteiger partial charge in [0, 0.05) is 24.5 Å². The van der Waals surface area contributed by atoms with Crippen LogP contribution in [0.5, 0.6) is 5.75 Å². The normalized spacial score (nSPS) is 15.9. The van der Waals surface area contributed by atoms with Crippen molar-refractivity contribution in [3.8, 4) is 5.75 Å². The van der Waals surface area contributed by atoms with E-state index in [1.807, 2.05) is 5.38 Å². The number of amides is 1. The van der Waals surface area contributed by atoms with Crippen molar-refractivity contribution in [3.05, 3.63) is 39.5 Å². The van der Waals surface area contributed by atoms with Gasteiger partial charge in [0.25, 0.3) is 5.91 Å². The number of rotatable bonds is 6. The summed E-state index contributed by atoms with van der Waals surface area (Å²) in [4.78, 5) is 33.8. The summed E-state index contributed by atoms with van der Waals surface area (Å²) in [5, 5.41) is 13.7. The molecule has 0 bridgehead atoms. The molecule has 0 aliphatic heterocycles. The lowest BCUT2D eigenvalue weighted by Crippen LogP contribution is -2.47. The Morgan fingerprint density at radius 1 is 1.37 bits per heavy atom. The van der Waals surface area contributed by atoms with Gasteiger partial charge in [0.2, 0.25) is 5.75 Å². The minimum Gasteiger partial charge on any atom is -0.473 e. The Morgan fingerprint density at radius 2 is 2.11 bits per heavy atom. The summed E-state index contributed by atoms with van der Waals surface area (Å²) < 4.78 is 5.67. The lowest BCUT2D eigenvalue weighted by atomic mass is 9.94. The van der Waals surface area contributed by atoms with Crippen LogP contribution >= 0.6 is 11.3 Å². The van der Waals surface area contributed by atoms with E-state index in [1.54, 1.807) is 31.0 Å². The maximum Gasteiger partial charge on any atom is 0.406 e. The first-order valence-corrected chi connectivity index (χ1v) is 9.86. The molecule has 1 amide bonds. The van der Waals surface area contributed by atoms with E-state index < -0.39 is 11.0 Å². The van der Waals surface area contributed by atoms with Gasteiger partial charge in [-0.05, 0) is 41.8 Å². The second-order valence-electron chi connectivity index (χ2n) is 6.61. The summed E-state index contributed by atoms with van der Waals surface area (Å²) in [7, 11) is 0. The first-order chi connectivity index (χ1) is 13.0. The van der Waals surface area contributed by atoms with E-state index in [4.69, 9.17) is 4.74 Å². The molecule has 1 atom stereocenters. The Labute approximate surface area is 161 Å². The van der Waals surface area contributed by atoms with Crippen molar-refractivity contribution in [2.45, 2.75) is 58.1 Å². The number of pyridine rings is 1. The Kier molecular flexibility index (Phi) is 6.00. The zero-order valence-corrected chi connectivity index (χ0v) is 16.1. The van der Waals surface area contributed by atoms with Crippen LogP contribution < -0.4 is 9.64 Å². The summed E-state index contributed by atoms with van der Waals surface area (Å²) in [6, 6.07) is 3.19. The van der Waals surface area contributed by atoms with Crippen molar-refractivity contribution in [3.63, 3.8) is 0 Å². The van der Waals surface area contributed by atoms with Crippen LogP contribution in [0.15, 0.2) is 23.7 Å². The molecule has 1 fully saturated rings. The second kappa shape index (κ2) is 8.43. The number of thiazole rings is 1. The number of anilines is 1. The molecular weight excluding hydrogens is 368 g/mol. The van der Waals surface area contributed by atoms with Crippen LogP contribution in [0.3, 0.4) is 0 Å². The number of nitrogens with zero attached hydrogens (tertiary/aromatic N) is 4. The van der Waals surface area contributed by atoms with Gasteiger partial charge in [-0.2, -0.15) is 0 Å². The van der Waals surface area contributed by atoms with Crippen molar-refractivity contribution in [1.82, 2.24) is 9.97 Å². The van der Waals surface area contributed by atoms with E-state index in [1.165, 1.54) is 23.8 Å². The fraction of sp³-hybridized carbons (Fsp3) is 0.500. The average Bonchev–Trinajstić information content (AvgIpc) is 3.18. The molecular formula is C18H22N4O4S. The minimum atomic E-state index is -0.890. The van der Waals surface area contributed by atoms with Gasteiger partial charge >= 0.3 is 5.82 Å². The van der Waals surface area contributed by atoms with Crippen LogP contribution in [-0.4, -0.2) is 32.9 Å². The molecule has 0 spiro atoms. The molecule has 1 aliphatic rings. The van der Waals surface area contributed by atoms with Crippen LogP contribution in [0.2, 0.25) is 0 Å². The SMILES string of the molecule is Cc1ccc(O[C@@H](C)C(=O)N(c2nccs2)C2CCCCC2)c([N+](=O)[O-])n1. The largest absolute Gasteiger partial charge is 0.473 e. The molecule has 0 N–H and O–H groups in total. The van der Waals surface area contributed by atoms with E-state index in [2.05, 4.69) is 9.97 Å². The Hall–Kier alpha value is -2.55. The number of hydrogen-bond donors (Lipinski definition) is 0. The van der Waals surface area contributed by atoms with Crippen LogP contribution in [-0.2, 0) is 4.79 Å². The molecule has 2 heterocycles. The van der Waals surface area contributed by atoms with Gasteiger partial charge in [-0.15, -0.1) is 11.3 Å². The van der Waals surface area contributed by atoms with Crippen molar-refractivity contribution >= 4 is 28.2 Å². The third-order valence-corrected chi connectivity index (χ3v) is 5.38. The molecule has 2 aromatic heterocycles. The summed E-state index contributed by atoms with van der Waals surface area (Å²) >= 11 is 1.40. The number of aryl methyl sites for hydroxylation is 1. The predicted octanol–water partition coefficient (Wildman–Crippen LogP) is 3.89. The quantitative estimate of drug-likeness (QED) is 0.548. The zero-order chi connectivity index (χ0) is 19.4. The summed E-state index contributed by atoms with van der Waals surface area (Å²) in [6.07, 6.45) is 5.94. The monoisotopic (exact) mass is 390 g/mol. The van der Waals surface area contributed by atoms with E-state index >= 15 is 0 Å². The molecule has 27 heavy (non-hydrogen) atoms.